The molecule has 1 aromatic carbocycles. The molecule has 3 unspecified atom stereocenters. The van der Waals surface area contributed by atoms with E-state index in [0.29, 0.717) is 23.4 Å². The number of fused-ring (bicyclic) bond motifs is 1. The molecule has 6 nitrogen and oxygen atoms in total. The normalized spacial score (nSPS) is 25.0. The maximum absolute atomic E-state index is 12.5. The van der Waals surface area contributed by atoms with Gasteiger partial charge >= 0.3 is 0 Å². The Hall–Kier alpha value is -1.31. The van der Waals surface area contributed by atoms with E-state index < -0.39 is 9.84 Å². The Balaban J connectivity index is 0.00000243. The second-order valence-electron chi connectivity index (χ2n) is 7.10. The monoisotopic (exact) mass is 402 g/mol. The molecule has 0 aromatic heterocycles. The Bertz CT molecular complexity index is 712. The first-order chi connectivity index (χ1) is 11.9. The molecule has 26 heavy (non-hydrogen) atoms. The summed E-state index contributed by atoms with van der Waals surface area (Å²) < 4.78 is 27.7. The van der Waals surface area contributed by atoms with Crippen LogP contribution in [0.3, 0.4) is 0 Å². The lowest BCUT2D eigenvalue weighted by Crippen LogP contribution is -2.39. The summed E-state index contributed by atoms with van der Waals surface area (Å²) in [4.78, 5) is 12.5. The van der Waals surface area contributed by atoms with Crippen molar-refractivity contribution in [2.75, 3.05) is 23.9 Å². The van der Waals surface area contributed by atoms with Crippen LogP contribution in [0.2, 0.25) is 0 Å². The average Bonchev–Trinajstić information content (AvgIpc) is 2.98. The van der Waals surface area contributed by atoms with Crippen molar-refractivity contribution >= 4 is 33.8 Å². The van der Waals surface area contributed by atoms with Crippen molar-refractivity contribution in [2.24, 2.45) is 5.92 Å². The van der Waals surface area contributed by atoms with Crippen molar-refractivity contribution in [3.63, 3.8) is 0 Å². The molecule has 2 N–H and O–H groups in total. The fourth-order valence-electron chi connectivity index (χ4n) is 3.73. The van der Waals surface area contributed by atoms with E-state index in [-0.39, 0.29) is 36.7 Å². The van der Waals surface area contributed by atoms with E-state index in [0.717, 1.165) is 12.8 Å². The number of sulfone groups is 1. The maximum Gasteiger partial charge on any atom is 0.241 e. The molecule has 3 atom stereocenters. The van der Waals surface area contributed by atoms with Crippen molar-refractivity contribution in [1.29, 1.82) is 0 Å². The van der Waals surface area contributed by atoms with E-state index in [1.807, 2.05) is 6.07 Å². The van der Waals surface area contributed by atoms with E-state index in [1.54, 1.807) is 18.2 Å². The number of amides is 1. The van der Waals surface area contributed by atoms with Gasteiger partial charge in [0.2, 0.25) is 5.91 Å². The molecule has 1 amide bonds. The van der Waals surface area contributed by atoms with Gasteiger partial charge in [0.1, 0.15) is 12.4 Å². The summed E-state index contributed by atoms with van der Waals surface area (Å²) in [7, 11) is -3.05. The second-order valence-corrected chi connectivity index (χ2v) is 9.36. The summed E-state index contributed by atoms with van der Waals surface area (Å²) in [6.45, 7) is 0.101. The van der Waals surface area contributed by atoms with Gasteiger partial charge in [-0.25, -0.2) is 8.42 Å². The van der Waals surface area contributed by atoms with Gasteiger partial charge in [-0.15, -0.1) is 12.4 Å². The third-order valence-corrected chi connectivity index (χ3v) is 5.91. The van der Waals surface area contributed by atoms with Gasteiger partial charge in [-0.3, -0.25) is 4.79 Å². The molecule has 0 bridgehead atoms. The third kappa shape index (κ3) is 5.86. The van der Waals surface area contributed by atoms with Crippen LogP contribution in [0, 0.1) is 5.92 Å². The highest BCUT2D eigenvalue weighted by Gasteiger charge is 2.38. The highest BCUT2D eigenvalue weighted by atomic mass is 35.5. The minimum Gasteiger partial charge on any atom is -0.492 e. The summed E-state index contributed by atoms with van der Waals surface area (Å²) in [5.41, 5.74) is 0.665. The van der Waals surface area contributed by atoms with Gasteiger partial charge < -0.3 is 15.4 Å². The number of hydrogen-bond acceptors (Lipinski definition) is 5. The van der Waals surface area contributed by atoms with Gasteiger partial charge in [0, 0.05) is 24.1 Å². The quantitative estimate of drug-likeness (QED) is 0.763. The van der Waals surface area contributed by atoms with Crippen LogP contribution in [-0.2, 0) is 14.6 Å². The van der Waals surface area contributed by atoms with Crippen LogP contribution in [0.25, 0.3) is 0 Å². The molecule has 1 aromatic rings. The van der Waals surface area contributed by atoms with Crippen LogP contribution in [0.4, 0.5) is 5.69 Å². The number of benzene rings is 1. The van der Waals surface area contributed by atoms with Crippen LogP contribution in [0.1, 0.15) is 32.1 Å². The minimum absolute atomic E-state index is 0. The number of carbonyl (C=O) groups excluding carboxylic acids is 1. The number of nitrogens with one attached hydrogen (secondary N) is 2. The Kier molecular flexibility index (Phi) is 7.32. The molecule has 8 heteroatoms. The summed E-state index contributed by atoms with van der Waals surface area (Å²) in [5, 5.41) is 6.41. The summed E-state index contributed by atoms with van der Waals surface area (Å²) in [6.07, 6.45) is 6.98. The first-order valence-electron chi connectivity index (χ1n) is 8.88. The predicted molar refractivity (Wildman–Crippen MR) is 105 cm³/mol. The lowest BCUT2D eigenvalue weighted by Gasteiger charge is -2.24. The standard InChI is InChI=1S/C18H26N2O4S.ClH/c1-25(22,23)10-9-24-15-7-4-6-14(12-15)19-18(21)17-11-13-5-2-3-8-16(13)20-17;/h4,6-7,12-13,16-17,20H,2-3,5,8-11H2,1H3,(H,19,21);1H. The zero-order valence-electron chi connectivity index (χ0n) is 14.9. The third-order valence-electron chi connectivity index (χ3n) is 5.00. The molecule has 1 saturated carbocycles. The number of hydrogen-bond donors (Lipinski definition) is 2. The largest absolute Gasteiger partial charge is 0.492 e. The Morgan fingerprint density at radius 3 is 2.81 bits per heavy atom. The number of carbonyl (C=O) groups is 1. The van der Waals surface area contributed by atoms with Crippen molar-refractivity contribution in [1.82, 2.24) is 5.32 Å². The number of anilines is 1. The molecule has 1 heterocycles. The molecular weight excluding hydrogens is 376 g/mol. The summed E-state index contributed by atoms with van der Waals surface area (Å²) >= 11 is 0. The van der Waals surface area contributed by atoms with Crippen LogP contribution in [0.5, 0.6) is 5.75 Å². The van der Waals surface area contributed by atoms with Gasteiger partial charge in [0.15, 0.2) is 9.84 Å². The molecule has 2 aliphatic rings. The molecule has 2 fully saturated rings. The minimum atomic E-state index is -3.05. The lowest BCUT2D eigenvalue weighted by molar-refractivity contribution is -0.117. The number of halogens is 1. The fraction of sp³-hybridized carbons (Fsp3) is 0.611. The molecular formula is C18H27ClN2O4S. The van der Waals surface area contributed by atoms with Gasteiger partial charge in [-0.2, -0.15) is 0 Å². The van der Waals surface area contributed by atoms with Crippen molar-refractivity contribution in [3.8, 4) is 5.75 Å². The Morgan fingerprint density at radius 2 is 2.08 bits per heavy atom. The molecule has 0 spiro atoms. The molecule has 3 rings (SSSR count). The van der Waals surface area contributed by atoms with Gasteiger partial charge in [0.05, 0.1) is 11.8 Å². The Labute approximate surface area is 161 Å². The number of ether oxygens (including phenoxy) is 1. The summed E-state index contributed by atoms with van der Waals surface area (Å²) in [5.74, 6) is 1.13. The summed E-state index contributed by atoms with van der Waals surface area (Å²) in [6, 6.07) is 7.41. The predicted octanol–water partition coefficient (Wildman–Crippen LogP) is 2.39. The first kappa shape index (κ1) is 21.0. The highest BCUT2D eigenvalue weighted by Crippen LogP contribution is 2.33. The fourth-order valence-corrected chi connectivity index (χ4v) is 4.11. The van der Waals surface area contributed by atoms with Crippen molar-refractivity contribution in [2.45, 2.75) is 44.2 Å². The van der Waals surface area contributed by atoms with E-state index in [1.165, 1.54) is 25.5 Å². The van der Waals surface area contributed by atoms with Crippen molar-refractivity contribution in [3.05, 3.63) is 24.3 Å². The Morgan fingerprint density at radius 1 is 1.31 bits per heavy atom. The van der Waals surface area contributed by atoms with Crippen LogP contribution in [0.15, 0.2) is 24.3 Å². The maximum atomic E-state index is 12.5. The zero-order valence-corrected chi connectivity index (χ0v) is 16.6. The molecule has 1 saturated heterocycles. The molecule has 1 aliphatic carbocycles. The zero-order chi connectivity index (χ0) is 17.9. The topological polar surface area (TPSA) is 84.5 Å². The molecule has 146 valence electrons. The van der Waals surface area contributed by atoms with E-state index in [9.17, 15) is 13.2 Å². The van der Waals surface area contributed by atoms with Crippen LogP contribution in [-0.4, -0.2) is 45.0 Å². The SMILES string of the molecule is CS(=O)(=O)CCOc1cccc(NC(=O)C2CC3CCCCC3N2)c1.Cl. The van der Waals surface area contributed by atoms with Gasteiger partial charge in [-0.1, -0.05) is 18.9 Å². The van der Waals surface area contributed by atoms with Crippen LogP contribution >= 0.6 is 12.4 Å². The first-order valence-corrected chi connectivity index (χ1v) is 10.9. The van der Waals surface area contributed by atoms with E-state index in [4.69, 9.17) is 4.74 Å². The second kappa shape index (κ2) is 9.06. The van der Waals surface area contributed by atoms with Crippen LogP contribution < -0.4 is 15.4 Å². The van der Waals surface area contributed by atoms with E-state index >= 15 is 0 Å². The van der Waals surface area contributed by atoms with E-state index in [2.05, 4.69) is 10.6 Å². The molecule has 0 radical (unpaired) electrons. The number of rotatable bonds is 6. The van der Waals surface area contributed by atoms with Gasteiger partial charge in [0.25, 0.3) is 0 Å². The van der Waals surface area contributed by atoms with Crippen molar-refractivity contribution < 1.29 is 17.9 Å². The average molecular weight is 403 g/mol. The highest BCUT2D eigenvalue weighted by molar-refractivity contribution is 7.90. The lowest BCUT2D eigenvalue weighted by atomic mass is 9.85. The smallest absolute Gasteiger partial charge is 0.241 e. The van der Waals surface area contributed by atoms with Gasteiger partial charge in [-0.05, 0) is 37.3 Å². The molecule has 1 aliphatic heterocycles.